The van der Waals surface area contributed by atoms with Crippen LogP contribution in [0, 0.1) is 16.0 Å². The first-order valence-corrected chi connectivity index (χ1v) is 6.87. The van der Waals surface area contributed by atoms with Crippen molar-refractivity contribution in [2.75, 3.05) is 18.0 Å². The second kappa shape index (κ2) is 6.84. The van der Waals surface area contributed by atoms with Gasteiger partial charge in [0.15, 0.2) is 6.20 Å². The summed E-state index contributed by atoms with van der Waals surface area (Å²) in [5.74, 6) is 0.483. The van der Waals surface area contributed by atoms with Crippen LogP contribution in [-0.2, 0) is 0 Å². The van der Waals surface area contributed by atoms with Crippen molar-refractivity contribution in [3.05, 3.63) is 52.7 Å². The van der Waals surface area contributed by atoms with E-state index in [1.165, 1.54) is 6.07 Å². The van der Waals surface area contributed by atoms with Gasteiger partial charge in [-0.05, 0) is 34.7 Å². The quantitative estimate of drug-likeness (QED) is 0.481. The number of nitro groups is 1. The molecule has 0 amide bonds. The first kappa shape index (κ1) is 14.2. The third-order valence-electron chi connectivity index (χ3n) is 3.47. The van der Waals surface area contributed by atoms with Gasteiger partial charge in [0.05, 0.1) is 5.69 Å². The molecule has 0 saturated carbocycles. The summed E-state index contributed by atoms with van der Waals surface area (Å²) >= 11 is 0. The molecule has 0 radical (unpaired) electrons. The fourth-order valence-electron chi connectivity index (χ4n) is 2.19. The minimum atomic E-state index is -0.478. The van der Waals surface area contributed by atoms with Gasteiger partial charge in [-0.1, -0.05) is 31.2 Å². The van der Waals surface area contributed by atoms with Crippen LogP contribution < -0.4 is 4.90 Å². The SMILES string of the molecule is CCC1/C=C\CN(c2ccc([N+](=O)[O-])nc2)C/C=C\C1. The summed E-state index contributed by atoms with van der Waals surface area (Å²) in [7, 11) is 0. The Kier molecular flexibility index (Phi) is 4.87. The summed E-state index contributed by atoms with van der Waals surface area (Å²) in [4.78, 5) is 16.1. The predicted molar refractivity (Wildman–Crippen MR) is 79.8 cm³/mol. The average Bonchev–Trinajstić information content (AvgIpc) is 2.59. The molecule has 1 aromatic heterocycles. The molecular formula is C15H19N3O2. The lowest BCUT2D eigenvalue weighted by molar-refractivity contribution is -0.389. The molecule has 0 bridgehead atoms. The largest absolute Gasteiger partial charge is 0.363 e. The number of nitrogens with zero attached hydrogens (tertiary/aromatic N) is 3. The van der Waals surface area contributed by atoms with E-state index >= 15 is 0 Å². The smallest absolute Gasteiger partial charge is 0.361 e. The lowest BCUT2D eigenvalue weighted by atomic mass is 10.0. The molecule has 20 heavy (non-hydrogen) atoms. The van der Waals surface area contributed by atoms with Gasteiger partial charge in [-0.2, -0.15) is 0 Å². The maximum atomic E-state index is 10.6. The van der Waals surface area contributed by atoms with E-state index in [2.05, 4.69) is 41.1 Å². The van der Waals surface area contributed by atoms with Crippen LogP contribution in [0.2, 0.25) is 0 Å². The Labute approximate surface area is 118 Å². The van der Waals surface area contributed by atoms with E-state index < -0.39 is 4.92 Å². The Bertz CT molecular complexity index is 508. The molecule has 5 nitrogen and oxygen atoms in total. The summed E-state index contributed by atoms with van der Waals surface area (Å²) in [6.07, 6.45) is 12.5. The highest BCUT2D eigenvalue weighted by Gasteiger charge is 2.11. The van der Waals surface area contributed by atoms with Crippen molar-refractivity contribution in [1.29, 1.82) is 0 Å². The fourth-order valence-corrected chi connectivity index (χ4v) is 2.19. The van der Waals surface area contributed by atoms with Gasteiger partial charge < -0.3 is 15.0 Å². The molecule has 0 spiro atoms. The van der Waals surface area contributed by atoms with Crippen molar-refractivity contribution in [2.45, 2.75) is 19.8 Å². The highest BCUT2D eigenvalue weighted by atomic mass is 16.6. The summed E-state index contributed by atoms with van der Waals surface area (Å²) < 4.78 is 0. The van der Waals surface area contributed by atoms with Crippen molar-refractivity contribution in [2.24, 2.45) is 5.92 Å². The third kappa shape index (κ3) is 3.66. The molecular weight excluding hydrogens is 254 g/mol. The number of pyridine rings is 1. The average molecular weight is 273 g/mol. The second-order valence-corrected chi connectivity index (χ2v) is 4.84. The van der Waals surface area contributed by atoms with Crippen molar-refractivity contribution in [1.82, 2.24) is 4.98 Å². The van der Waals surface area contributed by atoms with Crippen molar-refractivity contribution in [3.63, 3.8) is 0 Å². The summed E-state index contributed by atoms with van der Waals surface area (Å²) in [5.41, 5.74) is 0.903. The first-order valence-electron chi connectivity index (χ1n) is 6.87. The van der Waals surface area contributed by atoms with Gasteiger partial charge in [0, 0.05) is 19.2 Å². The topological polar surface area (TPSA) is 59.3 Å². The molecule has 0 aromatic carbocycles. The highest BCUT2D eigenvalue weighted by molar-refractivity contribution is 5.47. The standard InChI is InChI=1S/C15H19N3O2/c1-2-13-6-3-4-10-17(11-5-7-13)14-8-9-15(16-12-14)18(19)20/h3-5,7-9,12-13H,2,6,10-11H2,1H3/b4-3-,7-5-. The molecule has 0 fully saturated rings. The fraction of sp³-hybridized carbons (Fsp3) is 0.400. The minimum Gasteiger partial charge on any atom is -0.361 e. The van der Waals surface area contributed by atoms with Crippen molar-refractivity contribution >= 4 is 11.5 Å². The van der Waals surface area contributed by atoms with Crippen LogP contribution in [0.3, 0.4) is 0 Å². The van der Waals surface area contributed by atoms with E-state index in [0.717, 1.165) is 31.6 Å². The second-order valence-electron chi connectivity index (χ2n) is 4.84. The Balaban J connectivity index is 2.12. The number of hydrogen-bond donors (Lipinski definition) is 0. The molecule has 5 heteroatoms. The molecule has 1 atom stereocenters. The lowest BCUT2D eigenvalue weighted by Gasteiger charge is -2.19. The van der Waals surface area contributed by atoms with E-state index in [0.29, 0.717) is 5.92 Å². The van der Waals surface area contributed by atoms with Gasteiger partial charge in [-0.15, -0.1) is 0 Å². The normalized spacial score (nSPS) is 22.4. The number of rotatable bonds is 3. The van der Waals surface area contributed by atoms with E-state index in [4.69, 9.17) is 0 Å². The summed E-state index contributed by atoms with van der Waals surface area (Å²) in [5, 5.41) is 10.6. The van der Waals surface area contributed by atoms with Crippen molar-refractivity contribution in [3.8, 4) is 0 Å². The molecule has 0 aliphatic carbocycles. The minimum absolute atomic E-state index is 0.116. The van der Waals surface area contributed by atoms with E-state index in [1.54, 1.807) is 12.3 Å². The number of hydrogen-bond acceptors (Lipinski definition) is 4. The number of anilines is 1. The molecule has 1 aliphatic heterocycles. The van der Waals surface area contributed by atoms with Gasteiger partial charge in [-0.25, -0.2) is 0 Å². The van der Waals surface area contributed by atoms with E-state index in [-0.39, 0.29) is 5.82 Å². The third-order valence-corrected chi connectivity index (χ3v) is 3.47. The number of allylic oxidation sites excluding steroid dienone is 2. The molecule has 1 unspecified atom stereocenters. The predicted octanol–water partition coefficient (Wildman–Crippen LogP) is 3.34. The molecule has 2 rings (SSSR count). The molecule has 0 saturated heterocycles. The van der Waals surface area contributed by atoms with Crippen LogP contribution >= 0.6 is 0 Å². The maximum Gasteiger partial charge on any atom is 0.363 e. The van der Waals surface area contributed by atoms with E-state index in [9.17, 15) is 10.1 Å². The highest BCUT2D eigenvalue weighted by Crippen LogP contribution is 2.18. The van der Waals surface area contributed by atoms with Crippen LogP contribution in [0.5, 0.6) is 0 Å². The Morgan fingerprint density at radius 2 is 2.15 bits per heavy atom. The Morgan fingerprint density at radius 3 is 2.80 bits per heavy atom. The number of aromatic nitrogens is 1. The van der Waals surface area contributed by atoms with Gasteiger partial charge in [0.1, 0.15) is 0 Å². The van der Waals surface area contributed by atoms with Gasteiger partial charge in [0.2, 0.25) is 0 Å². The van der Waals surface area contributed by atoms with Gasteiger partial charge in [0.25, 0.3) is 0 Å². The lowest BCUT2D eigenvalue weighted by Crippen LogP contribution is -2.23. The maximum absolute atomic E-state index is 10.6. The molecule has 106 valence electrons. The zero-order chi connectivity index (χ0) is 14.4. The Hall–Kier alpha value is -2.17. The summed E-state index contributed by atoms with van der Waals surface area (Å²) in [6, 6.07) is 3.20. The first-order chi connectivity index (χ1) is 9.70. The zero-order valence-electron chi connectivity index (χ0n) is 11.6. The van der Waals surface area contributed by atoms with Crippen LogP contribution in [0.4, 0.5) is 11.5 Å². The monoisotopic (exact) mass is 273 g/mol. The van der Waals surface area contributed by atoms with Crippen LogP contribution in [-0.4, -0.2) is 23.0 Å². The van der Waals surface area contributed by atoms with E-state index in [1.807, 2.05) is 0 Å². The van der Waals surface area contributed by atoms with Crippen LogP contribution in [0.1, 0.15) is 19.8 Å². The Morgan fingerprint density at radius 1 is 1.35 bits per heavy atom. The molecule has 1 aliphatic rings. The molecule has 0 N–H and O–H groups in total. The summed E-state index contributed by atoms with van der Waals surface area (Å²) in [6.45, 7) is 3.78. The molecule has 2 heterocycles. The zero-order valence-corrected chi connectivity index (χ0v) is 11.6. The van der Waals surface area contributed by atoms with Crippen LogP contribution in [0.15, 0.2) is 42.6 Å². The van der Waals surface area contributed by atoms with Gasteiger partial charge in [-0.3, -0.25) is 0 Å². The molecule has 1 aromatic rings. The van der Waals surface area contributed by atoms with Crippen LogP contribution in [0.25, 0.3) is 0 Å². The van der Waals surface area contributed by atoms with Crippen molar-refractivity contribution < 1.29 is 4.92 Å². The van der Waals surface area contributed by atoms with Gasteiger partial charge >= 0.3 is 5.82 Å².